The minimum absolute atomic E-state index is 0.220. The molecular formula is C28H52O11Si. The van der Waals surface area contributed by atoms with Crippen molar-refractivity contribution in [1.82, 2.24) is 0 Å². The lowest BCUT2D eigenvalue weighted by Gasteiger charge is -2.41. The van der Waals surface area contributed by atoms with Gasteiger partial charge in [0, 0.05) is 46.2 Å². The van der Waals surface area contributed by atoms with Gasteiger partial charge in [-0.15, -0.1) is 0 Å². The molecule has 4 aliphatic heterocycles. The van der Waals surface area contributed by atoms with Crippen LogP contribution in [0.25, 0.3) is 0 Å². The van der Waals surface area contributed by atoms with E-state index in [1.54, 1.807) is 7.11 Å². The number of hydrogen-bond acceptors (Lipinski definition) is 11. The third kappa shape index (κ3) is 13.8. The van der Waals surface area contributed by atoms with Gasteiger partial charge in [0.1, 0.15) is 24.4 Å². The molecule has 0 aliphatic carbocycles. The van der Waals surface area contributed by atoms with Crippen LogP contribution in [0.15, 0.2) is 0 Å². The van der Waals surface area contributed by atoms with Gasteiger partial charge in [0.25, 0.3) is 0 Å². The summed E-state index contributed by atoms with van der Waals surface area (Å²) in [6, 6.07) is 0.764. The molecule has 4 aliphatic rings. The summed E-state index contributed by atoms with van der Waals surface area (Å²) in [5, 5.41) is 0. The zero-order valence-electron chi connectivity index (χ0n) is 24.6. The van der Waals surface area contributed by atoms with Gasteiger partial charge in [0.2, 0.25) is 0 Å². The zero-order valence-corrected chi connectivity index (χ0v) is 25.6. The normalized spacial score (nSPS) is 27.8. The molecule has 0 aromatic rings. The van der Waals surface area contributed by atoms with Gasteiger partial charge in [-0.25, -0.2) is 0 Å². The van der Waals surface area contributed by atoms with Crippen molar-refractivity contribution in [2.75, 3.05) is 93.0 Å². The highest BCUT2D eigenvalue weighted by Gasteiger charge is 2.48. The molecule has 0 bridgehead atoms. The first kappa shape index (κ1) is 32.7. The van der Waals surface area contributed by atoms with Gasteiger partial charge in [-0.05, 0) is 32.1 Å². The quantitative estimate of drug-likeness (QED) is 0.0726. The van der Waals surface area contributed by atoms with E-state index in [9.17, 15) is 0 Å². The van der Waals surface area contributed by atoms with E-state index in [2.05, 4.69) is 6.92 Å². The number of epoxide rings is 4. The molecule has 12 heteroatoms. The van der Waals surface area contributed by atoms with E-state index in [0.29, 0.717) is 78.7 Å². The van der Waals surface area contributed by atoms with Crippen molar-refractivity contribution >= 4 is 8.80 Å². The molecule has 0 saturated carbocycles. The van der Waals surface area contributed by atoms with Crippen LogP contribution in [-0.2, 0) is 51.2 Å². The smallest absolute Gasteiger partial charge is 0.379 e. The molecule has 0 aromatic heterocycles. The third-order valence-corrected chi connectivity index (χ3v) is 10.4. The van der Waals surface area contributed by atoms with Crippen LogP contribution < -0.4 is 0 Å². The Balaban J connectivity index is 1.38. The van der Waals surface area contributed by atoms with Crippen LogP contribution >= 0.6 is 0 Å². The van der Waals surface area contributed by atoms with Crippen LogP contribution in [0.2, 0.25) is 6.04 Å². The Morgan fingerprint density at radius 1 is 0.625 bits per heavy atom. The fourth-order valence-electron chi connectivity index (χ4n) is 4.48. The Hall–Kier alpha value is -0.223. The van der Waals surface area contributed by atoms with Crippen molar-refractivity contribution in [2.24, 2.45) is 0 Å². The van der Waals surface area contributed by atoms with E-state index in [1.165, 1.54) is 0 Å². The topological polar surface area (TPSA) is 115 Å². The summed E-state index contributed by atoms with van der Waals surface area (Å²) in [4.78, 5) is 0. The van der Waals surface area contributed by atoms with Crippen molar-refractivity contribution in [1.29, 1.82) is 0 Å². The van der Waals surface area contributed by atoms with Gasteiger partial charge in [-0.3, -0.25) is 0 Å². The maximum absolute atomic E-state index is 7.14. The second kappa shape index (κ2) is 17.8. The lowest BCUT2D eigenvalue weighted by molar-refractivity contribution is -0.0788. The summed E-state index contributed by atoms with van der Waals surface area (Å²) in [5.41, 5.74) is -0.576. The van der Waals surface area contributed by atoms with Crippen molar-refractivity contribution in [3.8, 4) is 0 Å². The Bertz CT molecular complexity index is 622. The minimum Gasteiger partial charge on any atom is -0.379 e. The molecule has 5 unspecified atom stereocenters. The van der Waals surface area contributed by atoms with Gasteiger partial charge >= 0.3 is 8.80 Å². The second-order valence-electron chi connectivity index (χ2n) is 11.2. The number of unbranched alkanes of at least 4 members (excludes halogenated alkanes) is 2. The predicted molar refractivity (Wildman–Crippen MR) is 148 cm³/mol. The van der Waals surface area contributed by atoms with Gasteiger partial charge in [-0.1, -0.05) is 19.8 Å². The molecule has 234 valence electrons. The number of ether oxygens (including phenoxy) is 8. The molecular weight excluding hydrogens is 540 g/mol. The lowest BCUT2D eigenvalue weighted by atomic mass is 9.92. The van der Waals surface area contributed by atoms with E-state index in [-0.39, 0.29) is 24.4 Å². The summed E-state index contributed by atoms with van der Waals surface area (Å²) in [7, 11) is -1.31. The fourth-order valence-corrected chi connectivity index (χ4v) is 7.30. The molecule has 40 heavy (non-hydrogen) atoms. The second-order valence-corrected chi connectivity index (χ2v) is 14.0. The highest BCUT2D eigenvalue weighted by atomic mass is 28.4. The standard InChI is InChI=1S/C28H52O11Si/c1-3-4-5-15-40(29-2,38-11-6-10-30-16-24-20-34-24)39-28(7-12-31-17-25-21-35-25,8-13-32-18-26-22-36-26)9-14-33-19-27-23-37-27/h24-27H,3-23H2,1-2H3. The van der Waals surface area contributed by atoms with Crippen LogP contribution in [-0.4, -0.2) is 132 Å². The van der Waals surface area contributed by atoms with Crippen LogP contribution in [0.3, 0.4) is 0 Å². The molecule has 4 rings (SSSR count). The Labute approximate surface area is 241 Å². The van der Waals surface area contributed by atoms with Crippen LogP contribution in [0.1, 0.15) is 51.9 Å². The largest absolute Gasteiger partial charge is 0.501 e. The predicted octanol–water partition coefficient (Wildman–Crippen LogP) is 2.76. The third-order valence-electron chi connectivity index (χ3n) is 7.46. The fraction of sp³-hybridized carbons (Fsp3) is 1.00. The first-order valence-electron chi connectivity index (χ1n) is 15.3. The Morgan fingerprint density at radius 2 is 1.07 bits per heavy atom. The summed E-state index contributed by atoms with van der Waals surface area (Å²) in [6.07, 6.45) is 6.96. The highest BCUT2D eigenvalue weighted by molar-refractivity contribution is 6.60. The van der Waals surface area contributed by atoms with Crippen LogP contribution in [0, 0.1) is 0 Å². The molecule has 4 heterocycles. The number of hydrogen-bond donors (Lipinski definition) is 0. The van der Waals surface area contributed by atoms with E-state index in [0.717, 1.165) is 58.2 Å². The van der Waals surface area contributed by atoms with Gasteiger partial charge in [-0.2, -0.15) is 0 Å². The van der Waals surface area contributed by atoms with E-state index < -0.39 is 14.4 Å². The maximum Gasteiger partial charge on any atom is 0.501 e. The van der Waals surface area contributed by atoms with Crippen molar-refractivity contribution in [2.45, 2.75) is 87.9 Å². The molecule has 0 N–H and O–H groups in total. The molecule has 0 radical (unpaired) electrons. The maximum atomic E-state index is 7.14. The van der Waals surface area contributed by atoms with Crippen LogP contribution in [0.4, 0.5) is 0 Å². The summed E-state index contributed by atoms with van der Waals surface area (Å²) in [6.45, 7) is 10.6. The van der Waals surface area contributed by atoms with Crippen molar-refractivity contribution in [3.63, 3.8) is 0 Å². The van der Waals surface area contributed by atoms with Crippen molar-refractivity contribution < 1.29 is 51.2 Å². The summed E-state index contributed by atoms with van der Waals surface area (Å²) < 4.78 is 64.9. The van der Waals surface area contributed by atoms with Gasteiger partial charge < -0.3 is 51.2 Å². The van der Waals surface area contributed by atoms with Gasteiger partial charge in [0.05, 0.1) is 58.5 Å². The SMILES string of the molecule is CCCCC[Si](OC)(OCCCOCC1CO1)OC(CCOCC1CO1)(CCOCC1CO1)CCOCC1CO1. The summed E-state index contributed by atoms with van der Waals surface area (Å²) in [5.74, 6) is 0. The van der Waals surface area contributed by atoms with E-state index in [4.69, 9.17) is 51.2 Å². The molecule has 0 amide bonds. The molecule has 11 nitrogen and oxygen atoms in total. The highest BCUT2D eigenvalue weighted by Crippen LogP contribution is 2.34. The summed E-state index contributed by atoms with van der Waals surface area (Å²) >= 11 is 0. The van der Waals surface area contributed by atoms with E-state index >= 15 is 0 Å². The van der Waals surface area contributed by atoms with Crippen molar-refractivity contribution in [3.05, 3.63) is 0 Å². The molecule has 4 fully saturated rings. The first-order chi connectivity index (χ1) is 19.6. The lowest BCUT2D eigenvalue weighted by Crippen LogP contribution is -2.54. The Morgan fingerprint density at radius 3 is 1.48 bits per heavy atom. The minimum atomic E-state index is -3.04. The monoisotopic (exact) mass is 592 g/mol. The van der Waals surface area contributed by atoms with Crippen LogP contribution in [0.5, 0.6) is 0 Å². The molecule has 0 aromatic carbocycles. The number of rotatable bonds is 29. The van der Waals surface area contributed by atoms with E-state index in [1.807, 2.05) is 0 Å². The first-order valence-corrected chi connectivity index (χ1v) is 17.2. The molecule has 4 saturated heterocycles. The zero-order chi connectivity index (χ0) is 27.9. The average molecular weight is 593 g/mol. The molecule has 0 spiro atoms. The molecule has 5 atom stereocenters. The Kier molecular flexibility index (Phi) is 14.5. The van der Waals surface area contributed by atoms with Gasteiger partial charge in [0.15, 0.2) is 0 Å². The average Bonchev–Trinajstić information content (AvgIpc) is 3.78.